The normalized spacial score (nSPS) is 30.8. The topological polar surface area (TPSA) is 77.2 Å². The lowest BCUT2D eigenvalue weighted by Crippen LogP contribution is -2.81. The van der Waals surface area contributed by atoms with Crippen molar-refractivity contribution in [1.29, 1.82) is 0 Å². The van der Waals surface area contributed by atoms with Crippen molar-refractivity contribution in [3.63, 3.8) is 0 Å². The average Bonchev–Trinajstić information content (AvgIpc) is 3.27. The number of aryl methyl sites for hydroxylation is 1. The van der Waals surface area contributed by atoms with E-state index in [4.69, 9.17) is 4.42 Å². The third-order valence-electron chi connectivity index (χ3n) is 7.34. The van der Waals surface area contributed by atoms with Crippen molar-refractivity contribution in [2.24, 2.45) is 5.92 Å². The molecule has 1 aliphatic carbocycles. The molecule has 1 spiro atoms. The van der Waals surface area contributed by atoms with Gasteiger partial charge < -0.3 is 9.52 Å². The number of nitrogens with zero attached hydrogens (tertiary/aromatic N) is 3. The fourth-order valence-electron chi connectivity index (χ4n) is 5.93. The number of β-amino-alcohol motifs (C(OH)–C–C–N with tert-alkyl or cyclic N) is 1. The Balaban J connectivity index is 1.35. The van der Waals surface area contributed by atoms with E-state index in [1.54, 1.807) is 0 Å². The van der Waals surface area contributed by atoms with Crippen LogP contribution in [-0.2, 0) is 16.1 Å². The van der Waals surface area contributed by atoms with E-state index in [9.17, 15) is 14.7 Å². The molecule has 0 aromatic carbocycles. The van der Waals surface area contributed by atoms with E-state index in [1.807, 2.05) is 24.0 Å². The van der Waals surface area contributed by atoms with Gasteiger partial charge in [0.1, 0.15) is 17.1 Å². The van der Waals surface area contributed by atoms with Crippen molar-refractivity contribution in [3.05, 3.63) is 23.7 Å². The zero-order chi connectivity index (χ0) is 20.2. The second kappa shape index (κ2) is 7.22. The van der Waals surface area contributed by atoms with E-state index >= 15 is 0 Å². The summed E-state index contributed by atoms with van der Waals surface area (Å²) in [6.07, 6.45) is 6.39. The zero-order valence-electron chi connectivity index (χ0n) is 17.2. The molecule has 1 aromatic heterocycles. The molecule has 3 aliphatic heterocycles. The fraction of sp³-hybridized carbons (Fsp3) is 0.727. The number of aliphatic hydroxyl groups excluding tert-OH is 1. The van der Waals surface area contributed by atoms with Gasteiger partial charge in [0, 0.05) is 26.2 Å². The van der Waals surface area contributed by atoms with Crippen LogP contribution in [0.5, 0.6) is 0 Å². The van der Waals surface area contributed by atoms with Gasteiger partial charge >= 0.3 is 0 Å². The Morgan fingerprint density at radius 1 is 1.17 bits per heavy atom. The van der Waals surface area contributed by atoms with Crippen LogP contribution in [-0.4, -0.2) is 75.5 Å². The quantitative estimate of drug-likeness (QED) is 0.771. The molecular weight excluding hydrogens is 370 g/mol. The molecule has 4 heterocycles. The van der Waals surface area contributed by atoms with Crippen LogP contribution in [0.1, 0.15) is 50.0 Å². The molecule has 2 amide bonds. The fourth-order valence-corrected chi connectivity index (χ4v) is 5.93. The van der Waals surface area contributed by atoms with E-state index in [-0.39, 0.29) is 18.4 Å². The molecule has 1 N–H and O–H groups in total. The molecule has 0 bridgehead atoms. The smallest absolute Gasteiger partial charge is 0.252 e. The van der Waals surface area contributed by atoms with E-state index in [1.165, 1.54) is 37.0 Å². The highest BCUT2D eigenvalue weighted by molar-refractivity contribution is 6.06. The van der Waals surface area contributed by atoms with E-state index < -0.39 is 17.7 Å². The lowest BCUT2D eigenvalue weighted by atomic mass is 9.80. The van der Waals surface area contributed by atoms with E-state index in [0.29, 0.717) is 31.8 Å². The van der Waals surface area contributed by atoms with E-state index in [0.717, 1.165) is 18.2 Å². The molecule has 2 atom stereocenters. The molecule has 3 saturated heterocycles. The predicted octanol–water partition coefficient (Wildman–Crippen LogP) is 1.53. The van der Waals surface area contributed by atoms with Gasteiger partial charge in [0.15, 0.2) is 0 Å². The maximum Gasteiger partial charge on any atom is 0.252 e. The summed E-state index contributed by atoms with van der Waals surface area (Å²) in [6, 6.07) is 3.27. The van der Waals surface area contributed by atoms with Crippen molar-refractivity contribution in [1.82, 2.24) is 14.7 Å². The molecule has 1 saturated carbocycles. The molecule has 158 valence electrons. The molecular formula is C22H31N3O4. The third kappa shape index (κ3) is 3.23. The number of likely N-dealkylation sites (tertiary alicyclic amines) is 1. The van der Waals surface area contributed by atoms with Crippen LogP contribution in [0.15, 0.2) is 16.5 Å². The Hall–Kier alpha value is -1.70. The maximum atomic E-state index is 13.6. The van der Waals surface area contributed by atoms with Crippen molar-refractivity contribution < 1.29 is 19.1 Å². The van der Waals surface area contributed by atoms with Gasteiger partial charge in [-0.3, -0.25) is 24.3 Å². The van der Waals surface area contributed by atoms with Gasteiger partial charge in [-0.15, -0.1) is 0 Å². The lowest BCUT2D eigenvalue weighted by molar-refractivity contribution is -0.181. The number of hydrogen-bond donors (Lipinski definition) is 1. The van der Waals surface area contributed by atoms with E-state index in [2.05, 4.69) is 4.90 Å². The Kier molecular flexibility index (Phi) is 4.80. The molecule has 2 unspecified atom stereocenters. The molecule has 4 fully saturated rings. The van der Waals surface area contributed by atoms with Crippen LogP contribution < -0.4 is 0 Å². The van der Waals surface area contributed by atoms with Crippen molar-refractivity contribution in [2.45, 2.75) is 69.7 Å². The van der Waals surface area contributed by atoms with Gasteiger partial charge in [0.2, 0.25) is 5.91 Å². The maximum absolute atomic E-state index is 13.6. The summed E-state index contributed by atoms with van der Waals surface area (Å²) in [5.74, 6) is 1.80. The number of amides is 2. The molecule has 4 aliphatic rings. The minimum Gasteiger partial charge on any atom is -0.464 e. The van der Waals surface area contributed by atoms with Crippen molar-refractivity contribution >= 4 is 11.8 Å². The molecule has 1 aromatic rings. The number of rotatable bonds is 4. The van der Waals surface area contributed by atoms with Gasteiger partial charge in [0.05, 0.1) is 18.7 Å². The molecule has 29 heavy (non-hydrogen) atoms. The van der Waals surface area contributed by atoms with Crippen molar-refractivity contribution in [2.75, 3.05) is 26.2 Å². The summed E-state index contributed by atoms with van der Waals surface area (Å²) in [4.78, 5) is 32.4. The van der Waals surface area contributed by atoms with Gasteiger partial charge in [0.25, 0.3) is 5.91 Å². The standard InChI is InChI=1S/C22H31N3O4/c1-15-7-8-18(29-15)12-24-20(27)19-9-17(26)11-25(19)22(21(24)28)13-23(14-22)10-16-5-3-2-4-6-16/h7-8,16-17,19,26H,2-6,9-14H2,1H3. The first-order chi connectivity index (χ1) is 14.0. The van der Waals surface area contributed by atoms with Crippen LogP contribution in [0.2, 0.25) is 0 Å². The number of hydrogen-bond acceptors (Lipinski definition) is 6. The SMILES string of the molecule is Cc1ccc(CN2C(=O)C3CC(O)CN3C3(CN(CC4CCCCC4)C3)C2=O)o1. The Morgan fingerprint density at radius 2 is 1.93 bits per heavy atom. The Bertz CT molecular complexity index is 794. The number of imide groups is 1. The van der Waals surface area contributed by atoms with Crippen LogP contribution in [0.3, 0.4) is 0 Å². The summed E-state index contributed by atoms with van der Waals surface area (Å²) < 4.78 is 5.64. The number of aliphatic hydroxyl groups is 1. The molecule has 7 nitrogen and oxygen atoms in total. The molecule has 0 radical (unpaired) electrons. The first-order valence-corrected chi connectivity index (χ1v) is 11.0. The first-order valence-electron chi connectivity index (χ1n) is 11.0. The number of furan rings is 1. The minimum atomic E-state index is -0.674. The molecule has 7 heteroatoms. The second-order valence-electron chi connectivity index (χ2n) is 9.50. The number of carbonyl (C=O) groups is 2. The average molecular weight is 402 g/mol. The summed E-state index contributed by atoms with van der Waals surface area (Å²) in [7, 11) is 0. The first kappa shape index (κ1) is 19.3. The van der Waals surface area contributed by atoms with Gasteiger partial charge in [-0.1, -0.05) is 19.3 Å². The van der Waals surface area contributed by atoms with Crippen LogP contribution in [0.4, 0.5) is 0 Å². The summed E-state index contributed by atoms with van der Waals surface area (Å²) in [5.41, 5.74) is -0.674. The van der Waals surface area contributed by atoms with Crippen LogP contribution in [0, 0.1) is 12.8 Å². The van der Waals surface area contributed by atoms with Gasteiger partial charge in [-0.2, -0.15) is 0 Å². The third-order valence-corrected chi connectivity index (χ3v) is 7.34. The Labute approximate surface area is 171 Å². The van der Waals surface area contributed by atoms with Gasteiger partial charge in [-0.05, 0) is 44.2 Å². The van der Waals surface area contributed by atoms with Crippen LogP contribution in [0.25, 0.3) is 0 Å². The highest BCUT2D eigenvalue weighted by Crippen LogP contribution is 2.41. The second-order valence-corrected chi connectivity index (χ2v) is 9.50. The minimum absolute atomic E-state index is 0.123. The monoisotopic (exact) mass is 401 g/mol. The zero-order valence-corrected chi connectivity index (χ0v) is 17.2. The number of fused-ring (bicyclic) bond motifs is 2. The highest BCUT2D eigenvalue weighted by atomic mass is 16.3. The summed E-state index contributed by atoms with van der Waals surface area (Å²) >= 11 is 0. The largest absolute Gasteiger partial charge is 0.464 e. The molecule has 5 rings (SSSR count). The Morgan fingerprint density at radius 3 is 2.62 bits per heavy atom. The van der Waals surface area contributed by atoms with Crippen LogP contribution >= 0.6 is 0 Å². The van der Waals surface area contributed by atoms with Crippen molar-refractivity contribution in [3.8, 4) is 0 Å². The predicted molar refractivity (Wildman–Crippen MR) is 106 cm³/mol. The number of carbonyl (C=O) groups excluding carboxylic acids is 2. The highest BCUT2D eigenvalue weighted by Gasteiger charge is 2.64. The summed E-state index contributed by atoms with van der Waals surface area (Å²) in [6.45, 7) is 4.80. The lowest BCUT2D eigenvalue weighted by Gasteiger charge is -2.59. The summed E-state index contributed by atoms with van der Waals surface area (Å²) in [5, 5.41) is 10.3. The number of piperazine rings is 1. The van der Waals surface area contributed by atoms with Gasteiger partial charge in [-0.25, -0.2) is 0 Å².